The Kier molecular flexibility index (Phi) is 5.41. The molecule has 0 heterocycles. The Balaban J connectivity index is 1.99. The predicted molar refractivity (Wildman–Crippen MR) is 80.2 cm³/mol. The lowest BCUT2D eigenvalue weighted by Gasteiger charge is -2.36. The first-order valence-corrected chi connectivity index (χ1v) is 7.57. The maximum Gasteiger partial charge on any atom is 0.0621 e. The second-order valence-electron chi connectivity index (χ2n) is 6.18. The van der Waals surface area contributed by atoms with Crippen molar-refractivity contribution in [2.24, 2.45) is 17.6 Å². The van der Waals surface area contributed by atoms with Crippen molar-refractivity contribution in [2.75, 3.05) is 13.2 Å². The highest BCUT2D eigenvalue weighted by Gasteiger charge is 2.31. The molecule has 1 aliphatic carbocycles. The van der Waals surface area contributed by atoms with E-state index in [1.165, 1.54) is 18.4 Å². The van der Waals surface area contributed by atoms with E-state index in [2.05, 4.69) is 44.2 Å². The SMILES string of the molecule is CC(C)COC1CC(c2ccccc2)CCC1CN. The quantitative estimate of drug-likeness (QED) is 0.879. The minimum absolute atomic E-state index is 0.339. The molecule has 3 unspecified atom stereocenters. The van der Waals surface area contributed by atoms with Crippen molar-refractivity contribution in [1.29, 1.82) is 0 Å². The van der Waals surface area contributed by atoms with Gasteiger partial charge in [0.1, 0.15) is 0 Å². The number of hydrogen-bond acceptors (Lipinski definition) is 2. The minimum Gasteiger partial charge on any atom is -0.378 e. The monoisotopic (exact) mass is 261 g/mol. The van der Waals surface area contributed by atoms with Gasteiger partial charge >= 0.3 is 0 Å². The van der Waals surface area contributed by atoms with Crippen LogP contribution in [0.2, 0.25) is 0 Å². The van der Waals surface area contributed by atoms with Crippen molar-refractivity contribution < 1.29 is 4.74 Å². The molecule has 2 rings (SSSR count). The molecular formula is C17H27NO. The molecule has 2 nitrogen and oxygen atoms in total. The molecule has 106 valence electrons. The number of rotatable bonds is 5. The van der Waals surface area contributed by atoms with E-state index in [9.17, 15) is 0 Å². The Morgan fingerprint density at radius 2 is 1.95 bits per heavy atom. The molecule has 2 N–H and O–H groups in total. The summed E-state index contributed by atoms with van der Waals surface area (Å²) >= 11 is 0. The van der Waals surface area contributed by atoms with Gasteiger partial charge in [-0.15, -0.1) is 0 Å². The van der Waals surface area contributed by atoms with E-state index >= 15 is 0 Å². The van der Waals surface area contributed by atoms with Gasteiger partial charge in [-0.1, -0.05) is 44.2 Å². The highest BCUT2D eigenvalue weighted by Crippen LogP contribution is 2.37. The second-order valence-corrected chi connectivity index (χ2v) is 6.18. The smallest absolute Gasteiger partial charge is 0.0621 e. The zero-order chi connectivity index (χ0) is 13.7. The van der Waals surface area contributed by atoms with Crippen LogP contribution in [0.5, 0.6) is 0 Å². The number of nitrogens with two attached hydrogens (primary N) is 1. The van der Waals surface area contributed by atoms with Gasteiger partial charge < -0.3 is 10.5 Å². The summed E-state index contributed by atoms with van der Waals surface area (Å²) in [4.78, 5) is 0. The molecule has 0 amide bonds. The van der Waals surface area contributed by atoms with Crippen molar-refractivity contribution in [1.82, 2.24) is 0 Å². The molecule has 0 saturated heterocycles. The van der Waals surface area contributed by atoms with Gasteiger partial charge in [0.25, 0.3) is 0 Å². The van der Waals surface area contributed by atoms with E-state index in [4.69, 9.17) is 10.5 Å². The number of hydrogen-bond donors (Lipinski definition) is 1. The van der Waals surface area contributed by atoms with Crippen LogP contribution in [0, 0.1) is 11.8 Å². The fraction of sp³-hybridized carbons (Fsp3) is 0.647. The summed E-state index contributed by atoms with van der Waals surface area (Å²) in [6.07, 6.45) is 3.90. The zero-order valence-corrected chi connectivity index (χ0v) is 12.2. The first kappa shape index (κ1) is 14.5. The van der Waals surface area contributed by atoms with Crippen LogP contribution in [-0.2, 0) is 4.74 Å². The fourth-order valence-electron chi connectivity index (χ4n) is 3.01. The van der Waals surface area contributed by atoms with E-state index in [0.29, 0.717) is 23.9 Å². The molecule has 1 saturated carbocycles. The molecule has 2 heteroatoms. The van der Waals surface area contributed by atoms with Gasteiger partial charge in [-0.2, -0.15) is 0 Å². The van der Waals surface area contributed by atoms with Gasteiger partial charge in [0.2, 0.25) is 0 Å². The molecule has 1 fully saturated rings. The lowest BCUT2D eigenvalue weighted by molar-refractivity contribution is -0.0250. The van der Waals surface area contributed by atoms with Crippen LogP contribution in [0.15, 0.2) is 30.3 Å². The average Bonchev–Trinajstić information content (AvgIpc) is 2.45. The number of ether oxygens (including phenoxy) is 1. The van der Waals surface area contributed by atoms with Crippen LogP contribution in [0.25, 0.3) is 0 Å². The number of benzene rings is 1. The topological polar surface area (TPSA) is 35.2 Å². The van der Waals surface area contributed by atoms with Crippen molar-refractivity contribution in [3.05, 3.63) is 35.9 Å². The summed E-state index contributed by atoms with van der Waals surface area (Å²) in [5.74, 6) is 1.77. The van der Waals surface area contributed by atoms with Crippen LogP contribution in [0.3, 0.4) is 0 Å². The summed E-state index contributed by atoms with van der Waals surface area (Å²) in [5, 5.41) is 0. The van der Waals surface area contributed by atoms with Crippen LogP contribution < -0.4 is 5.73 Å². The Labute approximate surface area is 117 Å². The molecule has 0 radical (unpaired) electrons. The van der Waals surface area contributed by atoms with E-state index < -0.39 is 0 Å². The maximum absolute atomic E-state index is 6.12. The molecule has 0 bridgehead atoms. The third kappa shape index (κ3) is 4.05. The summed E-state index contributed by atoms with van der Waals surface area (Å²) in [6, 6.07) is 10.8. The zero-order valence-electron chi connectivity index (χ0n) is 12.2. The van der Waals surface area contributed by atoms with Crippen molar-refractivity contribution in [3.8, 4) is 0 Å². The molecule has 1 aromatic carbocycles. The Morgan fingerprint density at radius 3 is 2.58 bits per heavy atom. The van der Waals surface area contributed by atoms with Gasteiger partial charge in [-0.3, -0.25) is 0 Å². The lowest BCUT2D eigenvalue weighted by Crippen LogP contribution is -2.36. The summed E-state index contributed by atoms with van der Waals surface area (Å²) in [7, 11) is 0. The first-order chi connectivity index (χ1) is 9.20. The average molecular weight is 261 g/mol. The van der Waals surface area contributed by atoms with E-state index in [1.807, 2.05) is 0 Å². The standard InChI is InChI=1S/C17H27NO/c1-13(2)12-19-17-10-15(8-9-16(17)11-18)14-6-4-3-5-7-14/h3-7,13,15-17H,8-12,18H2,1-2H3. The maximum atomic E-state index is 6.12. The largest absolute Gasteiger partial charge is 0.378 e. The van der Waals surface area contributed by atoms with Crippen molar-refractivity contribution in [3.63, 3.8) is 0 Å². The molecular weight excluding hydrogens is 234 g/mol. The Morgan fingerprint density at radius 1 is 1.21 bits per heavy atom. The highest BCUT2D eigenvalue weighted by atomic mass is 16.5. The molecule has 1 aromatic rings. The highest BCUT2D eigenvalue weighted by molar-refractivity contribution is 5.20. The van der Waals surface area contributed by atoms with E-state index in [-0.39, 0.29) is 0 Å². The van der Waals surface area contributed by atoms with Crippen LogP contribution in [0.4, 0.5) is 0 Å². The fourth-order valence-corrected chi connectivity index (χ4v) is 3.01. The van der Waals surface area contributed by atoms with E-state index in [0.717, 1.165) is 19.6 Å². The van der Waals surface area contributed by atoms with Crippen LogP contribution in [0.1, 0.15) is 44.6 Å². The third-order valence-corrected chi connectivity index (χ3v) is 4.15. The minimum atomic E-state index is 0.339. The normalized spacial score (nSPS) is 27.7. The summed E-state index contributed by atoms with van der Waals surface area (Å²) in [5.41, 5.74) is 7.36. The first-order valence-electron chi connectivity index (χ1n) is 7.57. The molecule has 19 heavy (non-hydrogen) atoms. The van der Waals surface area contributed by atoms with Crippen LogP contribution >= 0.6 is 0 Å². The predicted octanol–water partition coefficient (Wildman–Crippen LogP) is 3.57. The second kappa shape index (κ2) is 7.06. The van der Waals surface area contributed by atoms with Gasteiger partial charge in [-0.25, -0.2) is 0 Å². The van der Waals surface area contributed by atoms with Crippen LogP contribution in [-0.4, -0.2) is 19.3 Å². The third-order valence-electron chi connectivity index (χ3n) is 4.15. The molecule has 3 atom stereocenters. The summed E-state index contributed by atoms with van der Waals surface area (Å²) in [6.45, 7) is 6.01. The van der Waals surface area contributed by atoms with Gasteiger partial charge in [0.05, 0.1) is 6.10 Å². The van der Waals surface area contributed by atoms with Crippen molar-refractivity contribution in [2.45, 2.75) is 45.1 Å². The molecule has 0 spiro atoms. The van der Waals surface area contributed by atoms with E-state index in [1.54, 1.807) is 0 Å². The summed E-state index contributed by atoms with van der Waals surface area (Å²) < 4.78 is 6.12. The van der Waals surface area contributed by atoms with Gasteiger partial charge in [0, 0.05) is 6.61 Å². The van der Waals surface area contributed by atoms with Gasteiger partial charge in [-0.05, 0) is 49.1 Å². The van der Waals surface area contributed by atoms with Gasteiger partial charge in [0.15, 0.2) is 0 Å². The lowest BCUT2D eigenvalue weighted by atomic mass is 9.77. The van der Waals surface area contributed by atoms with Crippen molar-refractivity contribution >= 4 is 0 Å². The Bertz CT molecular complexity index is 363. The molecule has 1 aliphatic rings. The molecule has 0 aromatic heterocycles. The Hall–Kier alpha value is -0.860. The molecule has 0 aliphatic heterocycles.